The molecule has 2 aromatic rings. The third-order valence-corrected chi connectivity index (χ3v) is 4.18. The molecule has 0 saturated carbocycles. The summed E-state index contributed by atoms with van der Waals surface area (Å²) in [6.45, 7) is 4.12. The largest absolute Gasteiger partial charge is 0.422 e. The van der Waals surface area contributed by atoms with Gasteiger partial charge in [-0.2, -0.15) is 0 Å². The number of carbonyl (C=O) groups is 1. The molecule has 20 heavy (non-hydrogen) atoms. The van der Waals surface area contributed by atoms with Gasteiger partial charge in [0.15, 0.2) is 0 Å². The van der Waals surface area contributed by atoms with Crippen molar-refractivity contribution in [3.8, 4) is 0 Å². The molecule has 0 spiro atoms. The lowest BCUT2D eigenvalue weighted by Crippen LogP contribution is -1.97. The Morgan fingerprint density at radius 3 is 2.70 bits per heavy atom. The highest BCUT2D eigenvalue weighted by Crippen LogP contribution is 2.29. The number of cyclic esters (lactones) is 1. The fraction of sp³-hybridized carbons (Fsp3) is 0.118. The highest BCUT2D eigenvalue weighted by atomic mass is 32.1. The third kappa shape index (κ3) is 2.45. The highest BCUT2D eigenvalue weighted by molar-refractivity contribution is 7.10. The lowest BCUT2D eigenvalue weighted by atomic mass is 10.0. The molecule has 0 amide bonds. The minimum atomic E-state index is -0.286. The number of carbonyl (C=O) groups excluding carboxylic acids is 1. The number of thiophene rings is 1. The highest BCUT2D eigenvalue weighted by Gasteiger charge is 2.22. The molecule has 0 aliphatic carbocycles. The van der Waals surface area contributed by atoms with Crippen molar-refractivity contribution in [2.75, 3.05) is 0 Å². The molecular formula is C17H14O2S. The van der Waals surface area contributed by atoms with Crippen LogP contribution in [0.3, 0.4) is 0 Å². The van der Waals surface area contributed by atoms with E-state index in [0.717, 1.165) is 10.4 Å². The molecule has 1 aliphatic rings. The summed E-state index contributed by atoms with van der Waals surface area (Å²) in [7, 11) is 0. The van der Waals surface area contributed by atoms with Crippen LogP contribution < -0.4 is 0 Å². The van der Waals surface area contributed by atoms with Gasteiger partial charge in [-0.15, -0.1) is 11.3 Å². The number of hydrogen-bond donors (Lipinski definition) is 0. The fourth-order valence-corrected chi connectivity index (χ4v) is 2.72. The number of hydrogen-bond acceptors (Lipinski definition) is 3. The molecule has 0 atom stereocenters. The average Bonchev–Trinajstić information content (AvgIpc) is 3.04. The van der Waals surface area contributed by atoms with E-state index in [1.54, 1.807) is 11.3 Å². The number of ether oxygens (including phenoxy) is 1. The molecule has 0 radical (unpaired) electrons. The number of aryl methyl sites for hydroxylation is 2. The zero-order chi connectivity index (χ0) is 14.1. The molecule has 0 bridgehead atoms. The summed E-state index contributed by atoms with van der Waals surface area (Å²) < 4.78 is 5.36. The zero-order valence-electron chi connectivity index (χ0n) is 11.3. The molecule has 1 aromatic carbocycles. The molecular weight excluding hydrogens is 268 g/mol. The van der Waals surface area contributed by atoms with E-state index in [-0.39, 0.29) is 5.97 Å². The van der Waals surface area contributed by atoms with Crippen molar-refractivity contribution in [3.63, 3.8) is 0 Å². The molecule has 0 fully saturated rings. The predicted molar refractivity (Wildman–Crippen MR) is 82.3 cm³/mol. The Morgan fingerprint density at radius 2 is 2.00 bits per heavy atom. The van der Waals surface area contributed by atoms with E-state index in [9.17, 15) is 4.79 Å². The number of esters is 1. The van der Waals surface area contributed by atoms with Crippen LogP contribution in [0.5, 0.6) is 0 Å². The molecule has 100 valence electrons. The summed E-state index contributed by atoms with van der Waals surface area (Å²) in [4.78, 5) is 12.9. The van der Waals surface area contributed by atoms with Gasteiger partial charge in [0.05, 0.1) is 5.57 Å². The zero-order valence-corrected chi connectivity index (χ0v) is 12.2. The number of benzene rings is 1. The van der Waals surface area contributed by atoms with Crippen molar-refractivity contribution in [1.29, 1.82) is 0 Å². The van der Waals surface area contributed by atoms with Crippen LogP contribution in [0.4, 0.5) is 0 Å². The third-order valence-electron chi connectivity index (χ3n) is 3.36. The van der Waals surface area contributed by atoms with Gasteiger partial charge < -0.3 is 4.74 Å². The van der Waals surface area contributed by atoms with Crippen molar-refractivity contribution in [2.45, 2.75) is 13.8 Å². The molecule has 2 nitrogen and oxygen atoms in total. The Morgan fingerprint density at radius 1 is 1.15 bits per heavy atom. The Labute approximate surface area is 122 Å². The normalized spacial score (nSPS) is 16.4. The Hall–Kier alpha value is -2.13. The van der Waals surface area contributed by atoms with Crippen LogP contribution in [0.15, 0.2) is 47.4 Å². The van der Waals surface area contributed by atoms with Crippen molar-refractivity contribution < 1.29 is 9.53 Å². The van der Waals surface area contributed by atoms with E-state index in [1.165, 1.54) is 11.1 Å². The fourth-order valence-electron chi connectivity index (χ4n) is 2.05. The van der Waals surface area contributed by atoms with Crippen LogP contribution in [0.2, 0.25) is 0 Å². The average molecular weight is 282 g/mol. The first-order valence-corrected chi connectivity index (χ1v) is 7.28. The maximum atomic E-state index is 11.9. The van der Waals surface area contributed by atoms with E-state index < -0.39 is 0 Å². The molecule has 3 rings (SSSR count). The Bertz CT molecular complexity index is 721. The van der Waals surface area contributed by atoms with E-state index in [0.29, 0.717) is 11.3 Å². The van der Waals surface area contributed by atoms with Crippen LogP contribution >= 0.6 is 11.3 Å². The molecule has 0 unspecified atom stereocenters. The minimum absolute atomic E-state index is 0.286. The van der Waals surface area contributed by atoms with Gasteiger partial charge in [-0.3, -0.25) is 0 Å². The smallest absolute Gasteiger partial charge is 0.343 e. The summed E-state index contributed by atoms with van der Waals surface area (Å²) in [5.74, 6) is 0.340. The van der Waals surface area contributed by atoms with Gasteiger partial charge in [-0.25, -0.2) is 4.79 Å². The molecule has 2 heterocycles. The molecule has 0 N–H and O–H groups in total. The van der Waals surface area contributed by atoms with Gasteiger partial charge in [0.1, 0.15) is 5.76 Å². The second-order valence-corrected chi connectivity index (χ2v) is 5.79. The van der Waals surface area contributed by atoms with Crippen molar-refractivity contribution in [2.24, 2.45) is 0 Å². The minimum Gasteiger partial charge on any atom is -0.422 e. The van der Waals surface area contributed by atoms with Gasteiger partial charge in [0.25, 0.3) is 0 Å². The van der Waals surface area contributed by atoms with Crippen molar-refractivity contribution in [1.82, 2.24) is 0 Å². The van der Waals surface area contributed by atoms with Crippen molar-refractivity contribution >= 4 is 29.1 Å². The van der Waals surface area contributed by atoms with Crippen LogP contribution in [0.1, 0.15) is 21.6 Å². The second kappa shape index (κ2) is 5.10. The first-order valence-electron chi connectivity index (χ1n) is 6.40. The molecule has 0 saturated heterocycles. The lowest BCUT2D eigenvalue weighted by molar-refractivity contribution is -0.130. The van der Waals surface area contributed by atoms with Gasteiger partial charge in [-0.05, 0) is 54.6 Å². The topological polar surface area (TPSA) is 26.3 Å². The van der Waals surface area contributed by atoms with Gasteiger partial charge in [0.2, 0.25) is 0 Å². The molecule has 1 aliphatic heterocycles. The maximum absolute atomic E-state index is 11.9. The SMILES string of the molecule is Cc1ccc(C2=C/C(=C/c3cccs3)C(=O)O2)cc1C. The van der Waals surface area contributed by atoms with Crippen molar-refractivity contribution in [3.05, 3.63) is 68.9 Å². The van der Waals surface area contributed by atoms with Gasteiger partial charge in [0, 0.05) is 10.4 Å². The van der Waals surface area contributed by atoms with Gasteiger partial charge in [-0.1, -0.05) is 18.2 Å². The lowest BCUT2D eigenvalue weighted by Gasteiger charge is -2.05. The van der Waals surface area contributed by atoms with E-state index in [1.807, 2.05) is 47.9 Å². The van der Waals surface area contributed by atoms with E-state index in [2.05, 4.69) is 13.8 Å². The first-order chi connectivity index (χ1) is 9.63. The summed E-state index contributed by atoms with van der Waals surface area (Å²) in [6.07, 6.45) is 3.67. The predicted octanol–water partition coefficient (Wildman–Crippen LogP) is 4.35. The Balaban J connectivity index is 1.96. The first kappa shape index (κ1) is 12.9. The second-order valence-electron chi connectivity index (χ2n) is 4.81. The monoisotopic (exact) mass is 282 g/mol. The van der Waals surface area contributed by atoms with Crippen LogP contribution in [-0.4, -0.2) is 5.97 Å². The van der Waals surface area contributed by atoms with E-state index in [4.69, 9.17) is 4.74 Å². The van der Waals surface area contributed by atoms with Gasteiger partial charge >= 0.3 is 5.97 Å². The Kier molecular flexibility index (Phi) is 3.28. The summed E-state index contributed by atoms with van der Waals surface area (Å²) >= 11 is 1.60. The summed E-state index contributed by atoms with van der Waals surface area (Å²) in [5.41, 5.74) is 3.96. The van der Waals surface area contributed by atoms with Crippen LogP contribution in [0, 0.1) is 13.8 Å². The summed E-state index contributed by atoms with van der Waals surface area (Å²) in [5, 5.41) is 1.99. The van der Waals surface area contributed by atoms with Crippen LogP contribution in [-0.2, 0) is 9.53 Å². The number of rotatable bonds is 2. The standard InChI is InChI=1S/C17H14O2S/c1-11-5-6-13(8-12(11)2)16-10-14(17(18)19-16)9-15-4-3-7-20-15/h3-10H,1-2H3/b14-9-. The summed E-state index contributed by atoms with van der Waals surface area (Å²) in [6, 6.07) is 10.0. The quantitative estimate of drug-likeness (QED) is 0.605. The maximum Gasteiger partial charge on any atom is 0.343 e. The molecule has 1 aromatic heterocycles. The van der Waals surface area contributed by atoms with Crippen LogP contribution in [0.25, 0.3) is 11.8 Å². The van der Waals surface area contributed by atoms with E-state index >= 15 is 0 Å². The molecule has 3 heteroatoms.